The van der Waals surface area contributed by atoms with Crippen LogP contribution >= 0.6 is 11.8 Å². The SMILES string of the molecule is Cc1ccc(-c2nnc(SCC(=O)NN=Cc3ccncc3)n2C2CCCCC2)cc1. The molecule has 0 bridgehead atoms. The van der Waals surface area contributed by atoms with Crippen molar-refractivity contribution in [3.63, 3.8) is 0 Å². The summed E-state index contributed by atoms with van der Waals surface area (Å²) in [4.78, 5) is 16.3. The van der Waals surface area contributed by atoms with Gasteiger partial charge >= 0.3 is 0 Å². The standard InChI is InChI=1S/C23H26N6OS/c1-17-7-9-19(10-8-17)22-27-28-23(29(22)20-5-3-2-4-6-20)31-16-21(30)26-25-15-18-11-13-24-14-12-18/h7-15,20H,2-6,16H2,1H3,(H,26,30). The second-order valence-corrected chi connectivity index (χ2v) is 8.64. The molecule has 1 fully saturated rings. The first-order valence-corrected chi connectivity index (χ1v) is 11.6. The van der Waals surface area contributed by atoms with Gasteiger partial charge < -0.3 is 0 Å². The summed E-state index contributed by atoms with van der Waals surface area (Å²) in [5.41, 5.74) is 5.73. The van der Waals surface area contributed by atoms with Crippen LogP contribution in [0.1, 0.15) is 49.3 Å². The van der Waals surface area contributed by atoms with Gasteiger partial charge in [0.15, 0.2) is 11.0 Å². The van der Waals surface area contributed by atoms with Crippen molar-refractivity contribution in [1.29, 1.82) is 0 Å². The maximum Gasteiger partial charge on any atom is 0.250 e. The summed E-state index contributed by atoms with van der Waals surface area (Å²) in [6.07, 6.45) is 10.9. The van der Waals surface area contributed by atoms with Crippen LogP contribution < -0.4 is 5.43 Å². The Kier molecular flexibility index (Phi) is 7.09. The molecule has 1 saturated carbocycles. The second-order valence-electron chi connectivity index (χ2n) is 7.70. The number of nitrogens with one attached hydrogen (secondary N) is 1. The molecule has 4 rings (SSSR count). The quantitative estimate of drug-likeness (QED) is 0.338. The summed E-state index contributed by atoms with van der Waals surface area (Å²) in [7, 11) is 0. The van der Waals surface area contributed by atoms with Gasteiger partial charge in [-0.05, 0) is 37.5 Å². The zero-order valence-corrected chi connectivity index (χ0v) is 18.4. The number of pyridine rings is 1. The van der Waals surface area contributed by atoms with E-state index < -0.39 is 0 Å². The Bertz CT molecular complexity index is 1030. The Labute approximate surface area is 186 Å². The number of carbonyl (C=O) groups excluding carboxylic acids is 1. The zero-order valence-electron chi connectivity index (χ0n) is 17.6. The molecule has 0 saturated heterocycles. The maximum atomic E-state index is 12.3. The molecule has 3 aromatic rings. The highest BCUT2D eigenvalue weighted by atomic mass is 32.2. The largest absolute Gasteiger partial charge is 0.299 e. The monoisotopic (exact) mass is 434 g/mol. The molecule has 8 heteroatoms. The molecule has 1 amide bonds. The molecular formula is C23H26N6OS. The van der Waals surface area contributed by atoms with Crippen molar-refractivity contribution < 1.29 is 4.79 Å². The van der Waals surface area contributed by atoms with Gasteiger partial charge in [0.05, 0.1) is 12.0 Å². The van der Waals surface area contributed by atoms with Crippen molar-refractivity contribution in [2.24, 2.45) is 5.10 Å². The van der Waals surface area contributed by atoms with Crippen molar-refractivity contribution in [1.82, 2.24) is 25.2 Å². The van der Waals surface area contributed by atoms with E-state index in [0.717, 1.165) is 34.9 Å². The predicted octanol–water partition coefficient (Wildman–Crippen LogP) is 4.40. The van der Waals surface area contributed by atoms with Crippen LogP contribution in [0.2, 0.25) is 0 Å². The van der Waals surface area contributed by atoms with Crippen LogP contribution in [0.25, 0.3) is 11.4 Å². The van der Waals surface area contributed by atoms with E-state index in [0.29, 0.717) is 6.04 Å². The fourth-order valence-electron chi connectivity index (χ4n) is 3.73. The Balaban J connectivity index is 1.46. The minimum atomic E-state index is -0.176. The van der Waals surface area contributed by atoms with Crippen LogP contribution in [0.4, 0.5) is 0 Å². The lowest BCUT2D eigenvalue weighted by Gasteiger charge is -2.25. The maximum absolute atomic E-state index is 12.3. The van der Waals surface area contributed by atoms with E-state index in [9.17, 15) is 4.79 Å². The first-order chi connectivity index (χ1) is 15.2. The summed E-state index contributed by atoms with van der Waals surface area (Å²) >= 11 is 1.41. The molecule has 2 heterocycles. The highest BCUT2D eigenvalue weighted by Crippen LogP contribution is 2.35. The number of amides is 1. The van der Waals surface area contributed by atoms with Gasteiger partial charge in [0, 0.05) is 24.0 Å². The van der Waals surface area contributed by atoms with Crippen LogP contribution in [0.15, 0.2) is 59.0 Å². The molecule has 0 atom stereocenters. The third-order valence-electron chi connectivity index (χ3n) is 5.36. The summed E-state index contributed by atoms with van der Waals surface area (Å²) in [5.74, 6) is 0.933. The van der Waals surface area contributed by atoms with Crippen LogP contribution in [-0.2, 0) is 4.79 Å². The number of thioether (sulfide) groups is 1. The van der Waals surface area contributed by atoms with Gasteiger partial charge in [-0.15, -0.1) is 10.2 Å². The van der Waals surface area contributed by atoms with E-state index in [1.807, 2.05) is 12.1 Å². The Morgan fingerprint density at radius 2 is 1.87 bits per heavy atom. The minimum absolute atomic E-state index is 0.176. The summed E-state index contributed by atoms with van der Waals surface area (Å²) in [6, 6.07) is 12.4. The van der Waals surface area contributed by atoms with Gasteiger partial charge in [0.1, 0.15) is 0 Å². The number of rotatable bonds is 7. The average molecular weight is 435 g/mol. The third-order valence-corrected chi connectivity index (χ3v) is 6.30. The molecule has 1 aliphatic carbocycles. The molecule has 31 heavy (non-hydrogen) atoms. The van der Waals surface area contributed by atoms with Gasteiger partial charge in [-0.25, -0.2) is 5.43 Å². The molecule has 2 aromatic heterocycles. The van der Waals surface area contributed by atoms with Crippen LogP contribution in [0, 0.1) is 6.92 Å². The molecule has 160 valence electrons. The zero-order chi connectivity index (χ0) is 21.5. The number of aryl methyl sites for hydroxylation is 1. The number of hydrazone groups is 1. The topological polar surface area (TPSA) is 85.1 Å². The lowest BCUT2D eigenvalue weighted by Crippen LogP contribution is -2.20. The van der Waals surface area contributed by atoms with Crippen LogP contribution in [0.5, 0.6) is 0 Å². The summed E-state index contributed by atoms with van der Waals surface area (Å²) < 4.78 is 2.24. The van der Waals surface area contributed by atoms with Crippen molar-refractivity contribution >= 4 is 23.9 Å². The normalized spacial score (nSPS) is 14.7. The smallest absolute Gasteiger partial charge is 0.250 e. The Hall–Kier alpha value is -3.00. The molecule has 1 aliphatic rings. The van der Waals surface area contributed by atoms with Gasteiger partial charge in [0.2, 0.25) is 0 Å². The first-order valence-electron chi connectivity index (χ1n) is 10.6. The van der Waals surface area contributed by atoms with E-state index in [4.69, 9.17) is 0 Å². The van der Waals surface area contributed by atoms with E-state index in [-0.39, 0.29) is 11.7 Å². The third kappa shape index (κ3) is 5.58. The summed E-state index contributed by atoms with van der Waals surface area (Å²) in [6.45, 7) is 2.08. The highest BCUT2D eigenvalue weighted by molar-refractivity contribution is 7.99. The van der Waals surface area contributed by atoms with Gasteiger partial charge in [-0.3, -0.25) is 14.3 Å². The molecule has 7 nitrogen and oxygen atoms in total. The summed E-state index contributed by atoms with van der Waals surface area (Å²) in [5, 5.41) is 13.7. The molecule has 1 N–H and O–H groups in total. The second kappa shape index (κ2) is 10.3. The lowest BCUT2D eigenvalue weighted by molar-refractivity contribution is -0.118. The van der Waals surface area contributed by atoms with E-state index in [1.54, 1.807) is 18.6 Å². The molecule has 0 unspecified atom stereocenters. The van der Waals surface area contributed by atoms with Crippen LogP contribution in [0.3, 0.4) is 0 Å². The lowest BCUT2D eigenvalue weighted by atomic mass is 9.95. The molecule has 0 spiro atoms. The van der Waals surface area contributed by atoms with E-state index in [2.05, 4.69) is 61.5 Å². The van der Waals surface area contributed by atoms with Crippen molar-refractivity contribution in [2.75, 3.05) is 5.75 Å². The number of benzene rings is 1. The average Bonchev–Trinajstić information content (AvgIpc) is 3.23. The number of nitrogens with zero attached hydrogens (tertiary/aromatic N) is 5. The Morgan fingerprint density at radius 1 is 1.13 bits per heavy atom. The highest BCUT2D eigenvalue weighted by Gasteiger charge is 2.24. The number of carbonyl (C=O) groups is 1. The predicted molar refractivity (Wildman–Crippen MR) is 123 cm³/mol. The van der Waals surface area contributed by atoms with Gasteiger partial charge in [-0.2, -0.15) is 5.10 Å². The van der Waals surface area contributed by atoms with Gasteiger partial charge in [-0.1, -0.05) is 60.9 Å². The molecular weight excluding hydrogens is 408 g/mol. The van der Waals surface area contributed by atoms with Crippen molar-refractivity contribution in [3.8, 4) is 11.4 Å². The fraction of sp³-hybridized carbons (Fsp3) is 0.348. The van der Waals surface area contributed by atoms with Crippen LogP contribution in [-0.4, -0.2) is 37.6 Å². The van der Waals surface area contributed by atoms with E-state index >= 15 is 0 Å². The number of aromatic nitrogens is 4. The fourth-order valence-corrected chi connectivity index (χ4v) is 4.53. The molecule has 1 aromatic carbocycles. The minimum Gasteiger partial charge on any atom is -0.299 e. The first kappa shape index (κ1) is 21.2. The number of hydrogen-bond donors (Lipinski definition) is 1. The van der Waals surface area contributed by atoms with Crippen molar-refractivity contribution in [2.45, 2.75) is 50.2 Å². The van der Waals surface area contributed by atoms with Gasteiger partial charge in [0.25, 0.3) is 5.91 Å². The van der Waals surface area contributed by atoms with Crippen molar-refractivity contribution in [3.05, 3.63) is 59.9 Å². The van der Waals surface area contributed by atoms with E-state index in [1.165, 1.54) is 36.6 Å². The Morgan fingerprint density at radius 3 is 2.61 bits per heavy atom. The molecule has 0 radical (unpaired) electrons. The molecule has 0 aliphatic heterocycles. The number of hydrogen-bond acceptors (Lipinski definition) is 6.